The standard InChI is InChI=1S/C4H8O2.H2Se/c1-3-6-4(2)5;/h3H2,1-2H3;1H2. The van der Waals surface area contributed by atoms with Crippen molar-refractivity contribution in [3.8, 4) is 0 Å². The van der Waals surface area contributed by atoms with Gasteiger partial charge in [0.2, 0.25) is 0 Å². The first-order valence-electron chi connectivity index (χ1n) is 1.90. The quantitative estimate of drug-likeness (QED) is 0.396. The van der Waals surface area contributed by atoms with Crippen molar-refractivity contribution in [2.75, 3.05) is 6.61 Å². The van der Waals surface area contributed by atoms with Crippen LogP contribution >= 0.6 is 0 Å². The summed E-state index contributed by atoms with van der Waals surface area (Å²) in [6.07, 6.45) is 0. The molecule has 0 aromatic carbocycles. The van der Waals surface area contributed by atoms with Gasteiger partial charge in [0.1, 0.15) is 0 Å². The second kappa shape index (κ2) is 5.99. The molecule has 3 heteroatoms. The summed E-state index contributed by atoms with van der Waals surface area (Å²) in [6, 6.07) is 0. The van der Waals surface area contributed by atoms with Crippen LogP contribution in [0.1, 0.15) is 13.8 Å². The molecule has 0 spiro atoms. The van der Waals surface area contributed by atoms with Gasteiger partial charge in [0.15, 0.2) is 0 Å². The molecule has 0 aliphatic carbocycles. The van der Waals surface area contributed by atoms with E-state index in [-0.39, 0.29) is 23.0 Å². The molecule has 0 heterocycles. The van der Waals surface area contributed by atoms with Gasteiger partial charge < -0.3 is 4.74 Å². The maximum absolute atomic E-state index is 9.82. The summed E-state index contributed by atoms with van der Waals surface area (Å²) in [5.74, 6) is -0.211. The summed E-state index contributed by atoms with van der Waals surface area (Å²) in [5.41, 5.74) is 0. The zero-order valence-electron chi connectivity index (χ0n) is 4.52. The van der Waals surface area contributed by atoms with Crippen LogP contribution in [0.25, 0.3) is 0 Å². The van der Waals surface area contributed by atoms with Gasteiger partial charge in [-0.15, -0.1) is 0 Å². The van der Waals surface area contributed by atoms with Gasteiger partial charge in [0.05, 0.1) is 6.61 Å². The minimum absolute atomic E-state index is 0. The first-order valence-corrected chi connectivity index (χ1v) is 1.90. The van der Waals surface area contributed by atoms with Gasteiger partial charge in [0, 0.05) is 6.92 Å². The monoisotopic (exact) mass is 170 g/mol. The average molecular weight is 169 g/mol. The Balaban J connectivity index is 0. The summed E-state index contributed by atoms with van der Waals surface area (Å²) < 4.78 is 4.40. The van der Waals surface area contributed by atoms with Crippen molar-refractivity contribution < 1.29 is 9.53 Å². The molecule has 0 radical (unpaired) electrons. The molecule has 0 aromatic heterocycles. The van der Waals surface area contributed by atoms with Crippen LogP contribution in [0, 0.1) is 0 Å². The number of carbonyl (C=O) groups excluding carboxylic acids is 1. The van der Waals surface area contributed by atoms with Gasteiger partial charge in [-0.05, 0) is 6.92 Å². The van der Waals surface area contributed by atoms with Crippen molar-refractivity contribution in [2.24, 2.45) is 0 Å². The molecule has 7 heavy (non-hydrogen) atoms. The van der Waals surface area contributed by atoms with E-state index in [2.05, 4.69) is 4.74 Å². The van der Waals surface area contributed by atoms with Crippen LogP contribution in [-0.4, -0.2) is 29.6 Å². The Morgan fingerprint density at radius 1 is 1.71 bits per heavy atom. The van der Waals surface area contributed by atoms with Crippen molar-refractivity contribution >= 4 is 23.0 Å². The van der Waals surface area contributed by atoms with Crippen LogP contribution in [0.15, 0.2) is 0 Å². The third-order valence-corrected chi connectivity index (χ3v) is 0.348. The minimum atomic E-state index is -0.211. The molecule has 0 aliphatic heterocycles. The molecule has 0 aliphatic rings. The number of hydrogen-bond acceptors (Lipinski definition) is 2. The van der Waals surface area contributed by atoms with Crippen LogP contribution in [0.3, 0.4) is 0 Å². The fourth-order valence-electron chi connectivity index (χ4n) is 0.203. The van der Waals surface area contributed by atoms with Gasteiger partial charge in [0.25, 0.3) is 0 Å². The molecule has 0 fully saturated rings. The first kappa shape index (κ1) is 10.1. The Labute approximate surface area is 53.7 Å². The van der Waals surface area contributed by atoms with E-state index in [9.17, 15) is 4.79 Å². The normalized spacial score (nSPS) is 6.57. The Morgan fingerprint density at radius 3 is 2.14 bits per heavy atom. The zero-order valence-corrected chi connectivity index (χ0v) is 6.62. The van der Waals surface area contributed by atoms with E-state index in [0.717, 1.165) is 0 Å². The molecular weight excluding hydrogens is 159 g/mol. The number of esters is 1. The van der Waals surface area contributed by atoms with E-state index in [0.29, 0.717) is 6.61 Å². The topological polar surface area (TPSA) is 26.3 Å². The SMILES string of the molecule is CCOC(C)=O.[SeH2]. The summed E-state index contributed by atoms with van der Waals surface area (Å²) in [4.78, 5) is 9.82. The molecule has 0 amide bonds. The molecule has 0 unspecified atom stereocenters. The van der Waals surface area contributed by atoms with Crippen molar-refractivity contribution in [3.63, 3.8) is 0 Å². The Hall–Kier alpha value is -0.0105. The van der Waals surface area contributed by atoms with Crippen LogP contribution in [0.2, 0.25) is 0 Å². The van der Waals surface area contributed by atoms with E-state index in [4.69, 9.17) is 0 Å². The van der Waals surface area contributed by atoms with E-state index < -0.39 is 0 Å². The van der Waals surface area contributed by atoms with E-state index in [1.54, 1.807) is 6.92 Å². The van der Waals surface area contributed by atoms with Gasteiger partial charge in [-0.1, -0.05) is 0 Å². The molecule has 0 rings (SSSR count). The third-order valence-electron chi connectivity index (χ3n) is 0.348. The second-order valence-electron chi connectivity index (χ2n) is 0.925. The van der Waals surface area contributed by atoms with E-state index in [1.807, 2.05) is 0 Å². The number of carbonyl (C=O) groups is 1. The average Bonchev–Trinajstić information content (AvgIpc) is 1.35. The fraction of sp³-hybridized carbons (Fsp3) is 0.750. The summed E-state index contributed by atoms with van der Waals surface area (Å²) in [6.45, 7) is 3.65. The number of ether oxygens (including phenoxy) is 1. The van der Waals surface area contributed by atoms with Gasteiger partial charge in [-0.2, -0.15) is 0 Å². The summed E-state index contributed by atoms with van der Waals surface area (Å²) in [5, 5.41) is 0. The van der Waals surface area contributed by atoms with Crippen LogP contribution in [0.4, 0.5) is 0 Å². The fourth-order valence-corrected chi connectivity index (χ4v) is 0.203. The predicted octanol–water partition coefficient (Wildman–Crippen LogP) is -0.347. The van der Waals surface area contributed by atoms with Crippen molar-refractivity contribution in [3.05, 3.63) is 0 Å². The number of rotatable bonds is 1. The van der Waals surface area contributed by atoms with Crippen LogP contribution < -0.4 is 0 Å². The Bertz CT molecular complexity index is 53.7. The molecule has 44 valence electrons. The van der Waals surface area contributed by atoms with E-state index in [1.165, 1.54) is 6.92 Å². The molecule has 0 atom stereocenters. The van der Waals surface area contributed by atoms with Gasteiger partial charge in [-0.25, -0.2) is 0 Å². The summed E-state index contributed by atoms with van der Waals surface area (Å²) >= 11 is 0. The van der Waals surface area contributed by atoms with Crippen molar-refractivity contribution in [1.82, 2.24) is 0 Å². The molecule has 0 saturated carbocycles. The molecule has 0 aromatic rings. The zero-order chi connectivity index (χ0) is 4.99. The maximum atomic E-state index is 9.82. The third kappa shape index (κ3) is 10.7. The summed E-state index contributed by atoms with van der Waals surface area (Å²) in [7, 11) is 0. The van der Waals surface area contributed by atoms with Crippen molar-refractivity contribution in [2.45, 2.75) is 13.8 Å². The first-order chi connectivity index (χ1) is 2.77. The second-order valence-corrected chi connectivity index (χ2v) is 0.925. The van der Waals surface area contributed by atoms with Crippen LogP contribution in [-0.2, 0) is 9.53 Å². The molecular formula is C4H10O2Se. The van der Waals surface area contributed by atoms with E-state index >= 15 is 0 Å². The van der Waals surface area contributed by atoms with Gasteiger partial charge >= 0.3 is 23.0 Å². The Morgan fingerprint density at radius 2 is 2.14 bits per heavy atom. The van der Waals surface area contributed by atoms with Gasteiger partial charge in [-0.3, -0.25) is 4.79 Å². The predicted molar refractivity (Wildman–Crippen MR) is 30.9 cm³/mol. The Kier molecular flexibility index (Phi) is 8.62. The van der Waals surface area contributed by atoms with Crippen molar-refractivity contribution in [1.29, 1.82) is 0 Å². The molecule has 2 nitrogen and oxygen atoms in total. The van der Waals surface area contributed by atoms with Crippen LogP contribution in [0.5, 0.6) is 0 Å². The molecule has 0 saturated heterocycles. The molecule has 0 N–H and O–H groups in total. The molecule has 0 bridgehead atoms. The number of hydrogen-bond donors (Lipinski definition) is 0.